The third-order valence-corrected chi connectivity index (χ3v) is 4.81. The molecule has 0 spiro atoms. The molecule has 0 fully saturated rings. The van der Waals surface area contributed by atoms with E-state index in [1.54, 1.807) is 0 Å². The van der Waals surface area contributed by atoms with Crippen molar-refractivity contribution in [2.75, 3.05) is 18.1 Å². The highest BCUT2D eigenvalue weighted by Crippen LogP contribution is 2.20. The van der Waals surface area contributed by atoms with Gasteiger partial charge in [0.05, 0.1) is 0 Å². The average Bonchev–Trinajstić information content (AvgIpc) is 2.98. The maximum absolute atomic E-state index is 12.5. The zero-order valence-corrected chi connectivity index (χ0v) is 18.3. The molecule has 30 heavy (non-hydrogen) atoms. The lowest BCUT2D eigenvalue weighted by Crippen LogP contribution is -2.34. The van der Waals surface area contributed by atoms with Crippen LogP contribution in [0.1, 0.15) is 37.7 Å². The number of ether oxygens (including phenoxy) is 1. The molecule has 0 bridgehead atoms. The second-order valence-electron chi connectivity index (χ2n) is 7.55. The number of benzene rings is 1. The van der Waals surface area contributed by atoms with Gasteiger partial charge in [0, 0.05) is 30.2 Å². The molecule has 0 aliphatic carbocycles. The van der Waals surface area contributed by atoms with E-state index < -0.39 is 12.6 Å². The van der Waals surface area contributed by atoms with Gasteiger partial charge in [0.25, 0.3) is 5.91 Å². The normalized spacial score (nSPS) is 11.3. The fraction of sp³-hybridized carbons (Fsp3) is 0.375. The molecule has 6 heteroatoms. The van der Waals surface area contributed by atoms with E-state index in [4.69, 9.17) is 4.74 Å². The molecule has 2 rings (SSSR count). The number of nitriles is 1. The Kier molecular flexibility index (Phi) is 7.99. The van der Waals surface area contributed by atoms with Crippen LogP contribution in [-0.2, 0) is 20.9 Å². The summed E-state index contributed by atoms with van der Waals surface area (Å²) in [7, 11) is 0. The van der Waals surface area contributed by atoms with Gasteiger partial charge < -0.3 is 14.2 Å². The van der Waals surface area contributed by atoms with Crippen molar-refractivity contribution in [2.45, 2.75) is 41.2 Å². The van der Waals surface area contributed by atoms with Crippen LogP contribution in [-0.4, -0.2) is 29.6 Å². The Balaban J connectivity index is 2.12. The first-order chi connectivity index (χ1) is 14.3. The topological polar surface area (TPSA) is 75.3 Å². The minimum atomic E-state index is -0.802. The molecule has 0 atom stereocenters. The fourth-order valence-corrected chi connectivity index (χ4v) is 3.31. The summed E-state index contributed by atoms with van der Waals surface area (Å²) in [5, 5.41) is 9.45. The predicted molar refractivity (Wildman–Crippen MR) is 118 cm³/mol. The molecule has 1 aromatic heterocycles. The highest BCUT2D eigenvalue weighted by atomic mass is 16.5. The summed E-state index contributed by atoms with van der Waals surface area (Å²) < 4.78 is 7.31. The molecular weight excluding hydrogens is 378 g/mol. The Morgan fingerprint density at radius 1 is 1.23 bits per heavy atom. The molecule has 0 saturated carbocycles. The number of para-hydroxylation sites is 1. The maximum atomic E-state index is 12.5. The van der Waals surface area contributed by atoms with Crippen molar-refractivity contribution in [2.24, 2.45) is 5.92 Å². The van der Waals surface area contributed by atoms with Crippen molar-refractivity contribution in [3.05, 3.63) is 58.9 Å². The molecule has 158 valence electrons. The van der Waals surface area contributed by atoms with Crippen LogP contribution in [0.2, 0.25) is 0 Å². The minimum absolute atomic E-state index is 0.129. The summed E-state index contributed by atoms with van der Waals surface area (Å²) in [6.45, 7) is 11.0. The number of aromatic nitrogens is 1. The Hall–Kier alpha value is -3.33. The third kappa shape index (κ3) is 5.60. The molecule has 0 N–H and O–H groups in total. The smallest absolute Gasteiger partial charge is 0.349 e. The molecule has 0 aliphatic heterocycles. The number of hydrogen-bond acceptors (Lipinski definition) is 4. The lowest BCUT2D eigenvalue weighted by atomic mass is 10.1. The van der Waals surface area contributed by atoms with Gasteiger partial charge in [-0.05, 0) is 56.5 Å². The first-order valence-corrected chi connectivity index (χ1v) is 10.1. The zero-order valence-electron chi connectivity index (χ0n) is 18.3. The number of nitrogens with zero attached hydrogens (tertiary/aromatic N) is 3. The van der Waals surface area contributed by atoms with Crippen LogP contribution in [0.5, 0.6) is 0 Å². The first-order valence-electron chi connectivity index (χ1n) is 10.1. The number of carbonyl (C=O) groups excluding carboxylic acids is 2. The van der Waals surface area contributed by atoms with E-state index in [0.717, 1.165) is 29.2 Å². The molecule has 0 saturated heterocycles. The fourth-order valence-electron chi connectivity index (χ4n) is 3.31. The number of rotatable bonds is 8. The molecule has 1 amide bonds. The summed E-state index contributed by atoms with van der Waals surface area (Å²) in [5.41, 5.74) is 3.45. The second kappa shape index (κ2) is 10.4. The Morgan fingerprint density at radius 3 is 2.47 bits per heavy atom. The summed E-state index contributed by atoms with van der Waals surface area (Å²) in [6, 6.07) is 13.0. The summed E-state index contributed by atoms with van der Waals surface area (Å²) in [6.07, 6.45) is 1.53. The van der Waals surface area contributed by atoms with E-state index in [1.807, 2.05) is 63.2 Å². The number of hydrogen-bond donors (Lipinski definition) is 0. The molecule has 1 heterocycles. The lowest BCUT2D eigenvalue weighted by Gasteiger charge is -2.20. The van der Waals surface area contributed by atoms with E-state index in [2.05, 4.69) is 18.4 Å². The first kappa shape index (κ1) is 23.0. The number of esters is 1. The zero-order chi connectivity index (χ0) is 22.3. The maximum Gasteiger partial charge on any atom is 0.349 e. The van der Waals surface area contributed by atoms with Gasteiger partial charge in [-0.15, -0.1) is 0 Å². The van der Waals surface area contributed by atoms with Crippen LogP contribution >= 0.6 is 0 Å². The number of amides is 1. The monoisotopic (exact) mass is 407 g/mol. The van der Waals surface area contributed by atoms with Crippen molar-refractivity contribution < 1.29 is 14.3 Å². The van der Waals surface area contributed by atoms with Gasteiger partial charge in [0.1, 0.15) is 11.6 Å². The van der Waals surface area contributed by atoms with Crippen LogP contribution in [0.3, 0.4) is 0 Å². The van der Waals surface area contributed by atoms with Crippen LogP contribution < -0.4 is 4.90 Å². The standard InChI is InChI=1S/C24H29N3O3/c1-6-26(22-10-8-7-9-11-22)23(28)16-30-24(29)21(14-25)13-20-12-18(4)27(19(20)5)15-17(2)3/h7-13,17H,6,15-16H2,1-5H3/b21-13+. The highest BCUT2D eigenvalue weighted by Gasteiger charge is 2.19. The third-order valence-electron chi connectivity index (χ3n) is 4.81. The molecule has 6 nitrogen and oxygen atoms in total. The van der Waals surface area contributed by atoms with Crippen molar-refractivity contribution in [1.82, 2.24) is 4.57 Å². The van der Waals surface area contributed by atoms with E-state index >= 15 is 0 Å². The quantitative estimate of drug-likeness (QED) is 0.372. The van der Waals surface area contributed by atoms with E-state index in [-0.39, 0.29) is 11.5 Å². The number of anilines is 1. The molecule has 0 radical (unpaired) electrons. The van der Waals surface area contributed by atoms with E-state index in [0.29, 0.717) is 12.5 Å². The van der Waals surface area contributed by atoms with Gasteiger partial charge in [-0.3, -0.25) is 4.79 Å². The van der Waals surface area contributed by atoms with Crippen LogP contribution in [0.15, 0.2) is 42.0 Å². The Labute approximate surface area is 178 Å². The van der Waals surface area contributed by atoms with Gasteiger partial charge in [0.2, 0.25) is 0 Å². The Morgan fingerprint density at radius 2 is 1.90 bits per heavy atom. The average molecular weight is 408 g/mol. The lowest BCUT2D eigenvalue weighted by molar-refractivity contribution is -0.143. The number of aryl methyl sites for hydroxylation is 1. The summed E-state index contributed by atoms with van der Waals surface area (Å²) in [5.74, 6) is -0.669. The van der Waals surface area contributed by atoms with Crippen LogP contribution in [0.4, 0.5) is 5.69 Å². The van der Waals surface area contributed by atoms with Crippen molar-refractivity contribution >= 4 is 23.6 Å². The van der Waals surface area contributed by atoms with Gasteiger partial charge in [-0.1, -0.05) is 32.0 Å². The van der Waals surface area contributed by atoms with Crippen molar-refractivity contribution in [1.29, 1.82) is 5.26 Å². The second-order valence-corrected chi connectivity index (χ2v) is 7.55. The van der Waals surface area contributed by atoms with Gasteiger partial charge in [-0.2, -0.15) is 5.26 Å². The SMILES string of the molecule is CCN(C(=O)COC(=O)/C(C#N)=C/c1cc(C)n(CC(C)C)c1C)c1ccccc1. The van der Waals surface area contributed by atoms with Gasteiger partial charge >= 0.3 is 5.97 Å². The van der Waals surface area contributed by atoms with Gasteiger partial charge in [0.15, 0.2) is 6.61 Å². The van der Waals surface area contributed by atoms with Crippen molar-refractivity contribution in [3.8, 4) is 6.07 Å². The number of carbonyl (C=O) groups is 2. The van der Waals surface area contributed by atoms with Crippen LogP contribution in [0, 0.1) is 31.1 Å². The van der Waals surface area contributed by atoms with Crippen molar-refractivity contribution in [3.63, 3.8) is 0 Å². The van der Waals surface area contributed by atoms with E-state index in [1.165, 1.54) is 11.0 Å². The Bertz CT molecular complexity index is 966. The summed E-state index contributed by atoms with van der Waals surface area (Å²) >= 11 is 0. The number of likely N-dealkylation sites (N-methyl/N-ethyl adjacent to an activating group) is 1. The molecule has 0 aliphatic rings. The molecule has 1 aromatic carbocycles. The predicted octanol–water partition coefficient (Wildman–Crippen LogP) is 4.26. The molecular formula is C24H29N3O3. The molecule has 2 aromatic rings. The van der Waals surface area contributed by atoms with Gasteiger partial charge in [-0.25, -0.2) is 4.79 Å². The summed E-state index contributed by atoms with van der Waals surface area (Å²) in [4.78, 5) is 26.4. The van der Waals surface area contributed by atoms with Crippen LogP contribution in [0.25, 0.3) is 6.08 Å². The minimum Gasteiger partial charge on any atom is -0.451 e. The van der Waals surface area contributed by atoms with E-state index in [9.17, 15) is 14.9 Å². The largest absolute Gasteiger partial charge is 0.451 e. The molecule has 0 unspecified atom stereocenters. The highest BCUT2D eigenvalue weighted by molar-refractivity contribution is 6.00.